The molecule has 0 unspecified atom stereocenters. The molecular weight excluding hydrogens is 346 g/mol. The molecule has 2 aromatic rings. The molecule has 1 aliphatic carbocycles. The van der Waals surface area contributed by atoms with Crippen molar-refractivity contribution < 1.29 is 9.47 Å². The molecule has 1 aliphatic rings. The number of nitrogens with zero attached hydrogens (tertiary/aromatic N) is 1. The molecule has 2 heterocycles. The van der Waals surface area contributed by atoms with Gasteiger partial charge in [0.25, 0.3) is 0 Å². The maximum absolute atomic E-state index is 6.47. The van der Waals surface area contributed by atoms with Gasteiger partial charge in [-0.3, -0.25) is 0 Å². The molecule has 6 heteroatoms. The number of ether oxygens (including phenoxy) is 2. The van der Waals surface area contributed by atoms with Gasteiger partial charge in [0, 0.05) is 35.5 Å². The van der Waals surface area contributed by atoms with E-state index in [9.17, 15) is 0 Å². The minimum Gasteiger partial charge on any atom is -0.493 e. The number of aryl methyl sites for hydroxylation is 1. The summed E-state index contributed by atoms with van der Waals surface area (Å²) in [4.78, 5) is 3.51. The highest BCUT2D eigenvalue weighted by molar-refractivity contribution is 7.59. The van der Waals surface area contributed by atoms with E-state index in [1.807, 2.05) is 23.9 Å². The van der Waals surface area contributed by atoms with E-state index in [0.717, 1.165) is 35.5 Å². The van der Waals surface area contributed by atoms with Gasteiger partial charge in [-0.1, -0.05) is 12.7 Å². The van der Waals surface area contributed by atoms with E-state index < -0.39 is 0 Å². The first-order valence-corrected chi connectivity index (χ1v) is 9.20. The number of anilines is 1. The van der Waals surface area contributed by atoms with Crippen molar-refractivity contribution >= 4 is 36.0 Å². The Morgan fingerprint density at radius 1 is 1.42 bits per heavy atom. The van der Waals surface area contributed by atoms with E-state index in [1.165, 1.54) is 16.1 Å². The maximum atomic E-state index is 6.47. The summed E-state index contributed by atoms with van der Waals surface area (Å²) >= 11 is 3.65. The third-order valence-electron chi connectivity index (χ3n) is 4.81. The van der Waals surface area contributed by atoms with E-state index in [2.05, 4.69) is 36.3 Å². The fourth-order valence-electron chi connectivity index (χ4n) is 3.31. The molecule has 0 bridgehead atoms. The van der Waals surface area contributed by atoms with E-state index in [1.54, 1.807) is 14.2 Å². The van der Waals surface area contributed by atoms with Crippen molar-refractivity contribution in [2.24, 2.45) is 7.05 Å². The summed E-state index contributed by atoms with van der Waals surface area (Å²) < 4.78 is 12.5. The summed E-state index contributed by atoms with van der Waals surface area (Å²) in [5.74, 6) is 1.88. The Morgan fingerprint density at radius 3 is 2.85 bits per heavy atom. The molecule has 3 N–H and O–H groups in total. The van der Waals surface area contributed by atoms with Crippen molar-refractivity contribution in [1.29, 1.82) is 0 Å². The van der Waals surface area contributed by atoms with Gasteiger partial charge in [-0.2, -0.15) is 0 Å². The summed E-state index contributed by atoms with van der Waals surface area (Å²) in [6.07, 6.45) is 8.25. The molecule has 0 aromatic carbocycles. The average molecular weight is 373 g/mol. The fraction of sp³-hybridized carbons (Fsp3) is 0.300. The lowest BCUT2D eigenvalue weighted by Crippen LogP contribution is -2.28. The monoisotopic (exact) mass is 372 g/mol. The quantitative estimate of drug-likeness (QED) is 0.459. The Morgan fingerprint density at radius 2 is 2.19 bits per heavy atom. The Balaban J connectivity index is 2.12. The molecule has 0 aliphatic heterocycles. The van der Waals surface area contributed by atoms with Crippen molar-refractivity contribution in [2.75, 3.05) is 25.7 Å². The van der Waals surface area contributed by atoms with Crippen LogP contribution in [-0.4, -0.2) is 29.5 Å². The second-order valence-electron chi connectivity index (χ2n) is 6.33. The SMILES string of the molecule is C=C(OC)/C(=C\c1c(N)c(-c2cc3c([nH]2)=CCCC=3C[SH2+])cn1C)OC. The normalized spacial score (nSPS) is 14.0. The van der Waals surface area contributed by atoms with Crippen LogP contribution < -0.4 is 16.3 Å². The molecule has 3 rings (SSSR count). The van der Waals surface area contributed by atoms with Crippen molar-refractivity contribution in [3.8, 4) is 11.3 Å². The highest BCUT2D eigenvalue weighted by atomic mass is 32.1. The minimum atomic E-state index is 0.455. The van der Waals surface area contributed by atoms with Crippen LogP contribution in [0.15, 0.2) is 30.4 Å². The molecule has 0 saturated carbocycles. The van der Waals surface area contributed by atoms with Crippen LogP contribution in [0.4, 0.5) is 5.69 Å². The molecule has 0 radical (unpaired) electrons. The molecular formula is C20H26N3O2S+. The highest BCUT2D eigenvalue weighted by Gasteiger charge is 2.16. The number of nitrogens with two attached hydrogens (primary N) is 1. The lowest BCUT2D eigenvalue weighted by Gasteiger charge is -2.09. The van der Waals surface area contributed by atoms with Crippen LogP contribution in [-0.2, 0) is 29.2 Å². The summed E-state index contributed by atoms with van der Waals surface area (Å²) in [7, 11) is 5.11. The first-order valence-electron chi connectivity index (χ1n) is 8.50. The summed E-state index contributed by atoms with van der Waals surface area (Å²) in [6.45, 7) is 3.84. The zero-order valence-corrected chi connectivity index (χ0v) is 16.5. The van der Waals surface area contributed by atoms with Gasteiger partial charge in [0.05, 0.1) is 31.3 Å². The Bertz CT molecular complexity index is 995. The van der Waals surface area contributed by atoms with Gasteiger partial charge in [0.15, 0.2) is 11.5 Å². The molecule has 0 atom stereocenters. The van der Waals surface area contributed by atoms with Gasteiger partial charge < -0.3 is 24.8 Å². The summed E-state index contributed by atoms with van der Waals surface area (Å²) in [5.41, 5.74) is 11.4. The molecule has 5 nitrogen and oxygen atoms in total. The highest BCUT2D eigenvalue weighted by Crippen LogP contribution is 2.30. The molecule has 2 aromatic heterocycles. The third-order valence-corrected chi connectivity index (χ3v) is 5.23. The number of aromatic nitrogens is 2. The zero-order valence-electron chi connectivity index (χ0n) is 15.5. The zero-order chi connectivity index (χ0) is 18.8. The number of hydrogen-bond donors (Lipinski definition) is 2. The molecule has 0 fully saturated rings. The third kappa shape index (κ3) is 3.17. The predicted octanol–water partition coefficient (Wildman–Crippen LogP) is 1.49. The number of nitrogens with one attached hydrogen (secondary N) is 1. The molecule has 0 amide bonds. The van der Waals surface area contributed by atoms with Crippen molar-refractivity contribution in [2.45, 2.75) is 12.8 Å². The summed E-state index contributed by atoms with van der Waals surface area (Å²) in [5, 5.41) is 2.44. The number of methoxy groups -OCH3 is 2. The fourth-order valence-corrected chi connectivity index (χ4v) is 3.68. The van der Waals surface area contributed by atoms with Crippen LogP contribution in [0.5, 0.6) is 0 Å². The van der Waals surface area contributed by atoms with Gasteiger partial charge in [-0.15, -0.1) is 0 Å². The van der Waals surface area contributed by atoms with Crippen LogP contribution in [0.1, 0.15) is 18.5 Å². The van der Waals surface area contributed by atoms with Crippen LogP contribution >= 0.6 is 0 Å². The predicted molar refractivity (Wildman–Crippen MR) is 112 cm³/mol. The van der Waals surface area contributed by atoms with Crippen molar-refractivity contribution in [3.63, 3.8) is 0 Å². The van der Waals surface area contributed by atoms with Crippen LogP contribution in [0.2, 0.25) is 0 Å². The van der Waals surface area contributed by atoms with E-state index in [0.29, 0.717) is 17.2 Å². The maximum Gasteiger partial charge on any atom is 0.162 e. The van der Waals surface area contributed by atoms with Gasteiger partial charge >= 0.3 is 0 Å². The molecule has 0 saturated heterocycles. The number of hydrogen-bond acceptors (Lipinski definition) is 3. The number of H-pyrrole nitrogens is 1. The lowest BCUT2D eigenvalue weighted by molar-refractivity contribution is 0.224. The number of fused-ring (bicyclic) bond motifs is 1. The lowest BCUT2D eigenvalue weighted by atomic mass is 10.0. The van der Waals surface area contributed by atoms with Gasteiger partial charge in [0.2, 0.25) is 0 Å². The second-order valence-corrected chi connectivity index (χ2v) is 6.68. The first-order chi connectivity index (χ1) is 12.5. The van der Waals surface area contributed by atoms with Crippen LogP contribution in [0, 0.1) is 0 Å². The van der Waals surface area contributed by atoms with Gasteiger partial charge in [0.1, 0.15) is 5.75 Å². The molecule has 138 valence electrons. The topological polar surface area (TPSA) is 65.2 Å². The van der Waals surface area contributed by atoms with Crippen molar-refractivity contribution in [1.82, 2.24) is 9.55 Å². The molecule has 0 spiro atoms. The summed E-state index contributed by atoms with van der Waals surface area (Å²) in [6, 6.07) is 2.19. The van der Waals surface area contributed by atoms with Crippen LogP contribution in [0.3, 0.4) is 0 Å². The van der Waals surface area contributed by atoms with Crippen molar-refractivity contribution in [3.05, 3.63) is 46.6 Å². The number of aromatic amines is 1. The Kier molecular flexibility index (Phi) is 5.23. The van der Waals surface area contributed by atoms with E-state index in [-0.39, 0.29) is 0 Å². The molecule has 26 heavy (non-hydrogen) atoms. The second kappa shape index (κ2) is 7.41. The van der Waals surface area contributed by atoms with Crippen LogP contribution in [0.25, 0.3) is 29.0 Å². The van der Waals surface area contributed by atoms with Gasteiger partial charge in [-0.25, -0.2) is 0 Å². The standard InChI is InChI=1S/C20H25N3O2S/c1-12(24-3)19(25-4)9-18-20(21)15(10-23(18)2)17-8-14-13(11-26)6-5-7-16(14)22-17/h7-10,22,26H,1,5-6,11,21H2,2-4H3/p+1/b19-9+. The number of nitrogen functional groups attached to an aromatic ring is 1. The Hall–Kier alpha value is -2.47. The average Bonchev–Trinajstić information content (AvgIpc) is 3.20. The van der Waals surface area contributed by atoms with Gasteiger partial charge in [-0.05, 0) is 37.1 Å². The largest absolute Gasteiger partial charge is 0.493 e. The van der Waals surface area contributed by atoms with E-state index >= 15 is 0 Å². The Labute approximate surface area is 158 Å². The number of rotatable bonds is 6. The minimum absolute atomic E-state index is 0.455. The smallest absolute Gasteiger partial charge is 0.162 e. The first kappa shape index (κ1) is 18.3. The van der Waals surface area contributed by atoms with E-state index in [4.69, 9.17) is 15.2 Å².